The van der Waals surface area contributed by atoms with Gasteiger partial charge in [0, 0.05) is 25.3 Å². The van der Waals surface area contributed by atoms with Crippen LogP contribution >= 0.6 is 0 Å². The highest BCUT2D eigenvalue weighted by Gasteiger charge is 2.17. The molecule has 1 heterocycles. The number of anilines is 1. The minimum Gasteiger partial charge on any atom is -0.378 e. The van der Waals surface area contributed by atoms with E-state index in [1.807, 2.05) is 24.3 Å². The molecule has 1 aromatic rings. The maximum absolute atomic E-state index is 11.6. The minimum atomic E-state index is 0.0264. The van der Waals surface area contributed by atoms with Gasteiger partial charge >= 0.3 is 0 Å². The van der Waals surface area contributed by atoms with Crippen molar-refractivity contribution in [3.8, 4) is 0 Å². The Balaban J connectivity index is 2.00. The molecule has 0 unspecified atom stereocenters. The lowest BCUT2D eigenvalue weighted by atomic mass is 10.1. The third-order valence-electron chi connectivity index (χ3n) is 2.55. The van der Waals surface area contributed by atoms with E-state index in [0.717, 1.165) is 18.9 Å². The van der Waals surface area contributed by atoms with E-state index in [4.69, 9.17) is 4.74 Å². The average molecular weight is 220 g/mol. The Morgan fingerprint density at radius 1 is 1.31 bits per heavy atom. The van der Waals surface area contributed by atoms with E-state index in [2.05, 4.69) is 5.32 Å². The van der Waals surface area contributed by atoms with E-state index in [1.165, 1.54) is 0 Å². The second kappa shape index (κ2) is 4.53. The molecule has 0 atom stereocenters. The molecule has 0 radical (unpaired) electrons. The van der Waals surface area contributed by atoms with Gasteiger partial charge in [0.25, 0.3) is 5.91 Å². The molecule has 1 aliphatic heterocycles. The molecule has 0 aliphatic carbocycles. The molecule has 1 amide bonds. The number of carbonyl (C=O) groups excluding carboxylic acids is 1. The Morgan fingerprint density at radius 2 is 1.94 bits per heavy atom. The summed E-state index contributed by atoms with van der Waals surface area (Å²) in [5, 5.41) is 3.32. The fourth-order valence-corrected chi connectivity index (χ4v) is 1.52. The molecule has 0 bridgehead atoms. The monoisotopic (exact) mass is 220 g/mol. The zero-order valence-corrected chi connectivity index (χ0v) is 9.56. The first-order valence-electron chi connectivity index (χ1n) is 5.33. The Hall–Kier alpha value is -1.55. The number of hydrogen-bond acceptors (Lipinski definition) is 3. The lowest BCUT2D eigenvalue weighted by molar-refractivity contribution is 0.0211. The van der Waals surface area contributed by atoms with E-state index in [1.54, 1.807) is 19.0 Å². The van der Waals surface area contributed by atoms with E-state index in [9.17, 15) is 4.79 Å². The molecule has 1 N–H and O–H groups in total. The molecule has 0 spiro atoms. The van der Waals surface area contributed by atoms with Crippen molar-refractivity contribution in [1.29, 1.82) is 0 Å². The summed E-state index contributed by atoms with van der Waals surface area (Å²) < 4.78 is 5.08. The first-order valence-corrected chi connectivity index (χ1v) is 5.33. The molecule has 16 heavy (non-hydrogen) atoms. The summed E-state index contributed by atoms with van der Waals surface area (Å²) in [4.78, 5) is 13.2. The SMILES string of the molecule is CN(C)C(=O)c1ccc(NC2COC2)cc1. The van der Waals surface area contributed by atoms with Gasteiger partial charge in [0.05, 0.1) is 19.3 Å². The van der Waals surface area contributed by atoms with Crippen LogP contribution in [0.25, 0.3) is 0 Å². The van der Waals surface area contributed by atoms with Crippen LogP contribution < -0.4 is 5.32 Å². The van der Waals surface area contributed by atoms with Gasteiger partial charge in [0.15, 0.2) is 0 Å². The highest BCUT2D eigenvalue weighted by molar-refractivity contribution is 5.94. The van der Waals surface area contributed by atoms with Gasteiger partial charge < -0.3 is 15.0 Å². The summed E-state index contributed by atoms with van der Waals surface area (Å²) in [6, 6.07) is 7.94. The van der Waals surface area contributed by atoms with Gasteiger partial charge in [-0.15, -0.1) is 0 Å². The second-order valence-electron chi connectivity index (χ2n) is 4.16. The van der Waals surface area contributed by atoms with Gasteiger partial charge in [-0.05, 0) is 24.3 Å². The molecular formula is C12H16N2O2. The summed E-state index contributed by atoms with van der Waals surface area (Å²) in [6.07, 6.45) is 0. The molecule has 1 fully saturated rings. The quantitative estimate of drug-likeness (QED) is 0.832. The summed E-state index contributed by atoms with van der Waals surface area (Å²) in [5.41, 5.74) is 1.74. The van der Waals surface area contributed by atoms with Crippen molar-refractivity contribution in [2.24, 2.45) is 0 Å². The average Bonchev–Trinajstić information content (AvgIpc) is 2.23. The van der Waals surface area contributed by atoms with E-state index in [0.29, 0.717) is 11.6 Å². The van der Waals surface area contributed by atoms with Gasteiger partial charge in [-0.1, -0.05) is 0 Å². The first-order chi connectivity index (χ1) is 7.66. The van der Waals surface area contributed by atoms with Crippen LogP contribution in [0.2, 0.25) is 0 Å². The fourth-order valence-electron chi connectivity index (χ4n) is 1.52. The predicted molar refractivity (Wildman–Crippen MR) is 62.7 cm³/mol. The molecule has 86 valence electrons. The number of carbonyl (C=O) groups is 1. The van der Waals surface area contributed by atoms with Crippen molar-refractivity contribution < 1.29 is 9.53 Å². The molecule has 4 nitrogen and oxygen atoms in total. The topological polar surface area (TPSA) is 41.6 Å². The van der Waals surface area contributed by atoms with E-state index in [-0.39, 0.29) is 5.91 Å². The zero-order valence-electron chi connectivity index (χ0n) is 9.56. The Kier molecular flexibility index (Phi) is 3.10. The number of ether oxygens (including phenoxy) is 1. The molecule has 4 heteroatoms. The number of nitrogens with one attached hydrogen (secondary N) is 1. The van der Waals surface area contributed by atoms with Gasteiger partial charge in [0.1, 0.15) is 0 Å². The molecule has 2 rings (SSSR count). The second-order valence-corrected chi connectivity index (χ2v) is 4.16. The third kappa shape index (κ3) is 2.33. The summed E-state index contributed by atoms with van der Waals surface area (Å²) in [7, 11) is 3.50. The molecular weight excluding hydrogens is 204 g/mol. The standard InChI is InChI=1S/C12H16N2O2/c1-14(2)12(15)9-3-5-10(6-4-9)13-11-7-16-8-11/h3-6,11,13H,7-8H2,1-2H3. The van der Waals surface area contributed by atoms with Crippen LogP contribution in [0.15, 0.2) is 24.3 Å². The smallest absolute Gasteiger partial charge is 0.253 e. The van der Waals surface area contributed by atoms with Crippen molar-refractivity contribution in [3.63, 3.8) is 0 Å². The van der Waals surface area contributed by atoms with Crippen molar-refractivity contribution in [1.82, 2.24) is 4.90 Å². The number of benzene rings is 1. The predicted octanol–water partition coefficient (Wildman–Crippen LogP) is 1.20. The Labute approximate surface area is 95.2 Å². The van der Waals surface area contributed by atoms with Gasteiger partial charge in [-0.3, -0.25) is 4.79 Å². The third-order valence-corrected chi connectivity index (χ3v) is 2.55. The molecule has 0 saturated carbocycles. The highest BCUT2D eigenvalue weighted by Crippen LogP contribution is 2.14. The lowest BCUT2D eigenvalue weighted by Crippen LogP contribution is -2.40. The van der Waals surface area contributed by atoms with E-state index < -0.39 is 0 Å². The van der Waals surface area contributed by atoms with Gasteiger partial charge in [-0.2, -0.15) is 0 Å². The van der Waals surface area contributed by atoms with Gasteiger partial charge in [0.2, 0.25) is 0 Å². The van der Waals surface area contributed by atoms with Crippen molar-refractivity contribution in [3.05, 3.63) is 29.8 Å². The van der Waals surface area contributed by atoms with Crippen LogP contribution in [-0.2, 0) is 4.74 Å². The number of rotatable bonds is 3. The van der Waals surface area contributed by atoms with Crippen LogP contribution in [0, 0.1) is 0 Å². The summed E-state index contributed by atoms with van der Waals surface area (Å²) in [5.74, 6) is 0.0264. The van der Waals surface area contributed by atoms with Crippen molar-refractivity contribution in [2.75, 3.05) is 32.6 Å². The summed E-state index contributed by atoms with van der Waals surface area (Å²) in [6.45, 7) is 1.52. The van der Waals surface area contributed by atoms with Crippen molar-refractivity contribution in [2.45, 2.75) is 6.04 Å². The minimum absolute atomic E-state index is 0.0264. The van der Waals surface area contributed by atoms with Crippen LogP contribution in [0.5, 0.6) is 0 Å². The Morgan fingerprint density at radius 3 is 2.38 bits per heavy atom. The van der Waals surface area contributed by atoms with Crippen LogP contribution in [0.4, 0.5) is 5.69 Å². The largest absolute Gasteiger partial charge is 0.378 e. The van der Waals surface area contributed by atoms with Crippen LogP contribution in [0.3, 0.4) is 0 Å². The van der Waals surface area contributed by atoms with Crippen LogP contribution in [0.1, 0.15) is 10.4 Å². The number of amides is 1. The summed E-state index contributed by atoms with van der Waals surface area (Å²) >= 11 is 0. The fraction of sp³-hybridized carbons (Fsp3) is 0.417. The lowest BCUT2D eigenvalue weighted by Gasteiger charge is -2.27. The molecule has 1 saturated heterocycles. The number of nitrogens with zero attached hydrogens (tertiary/aromatic N) is 1. The maximum Gasteiger partial charge on any atom is 0.253 e. The van der Waals surface area contributed by atoms with E-state index >= 15 is 0 Å². The highest BCUT2D eigenvalue weighted by atomic mass is 16.5. The zero-order chi connectivity index (χ0) is 11.5. The Bertz CT molecular complexity index is 369. The first kappa shape index (κ1) is 11.0. The maximum atomic E-state index is 11.6. The van der Waals surface area contributed by atoms with Crippen molar-refractivity contribution >= 4 is 11.6 Å². The van der Waals surface area contributed by atoms with Crippen LogP contribution in [-0.4, -0.2) is 44.2 Å². The van der Waals surface area contributed by atoms with Gasteiger partial charge in [-0.25, -0.2) is 0 Å². The normalized spacial score (nSPS) is 15.4. The molecule has 1 aromatic carbocycles. The number of hydrogen-bond donors (Lipinski definition) is 1. The molecule has 1 aliphatic rings. The molecule has 0 aromatic heterocycles.